The Labute approximate surface area is 280 Å². The van der Waals surface area contributed by atoms with Crippen molar-refractivity contribution < 1.29 is 56.9 Å². The summed E-state index contributed by atoms with van der Waals surface area (Å²) in [5.74, 6) is 0.386. The summed E-state index contributed by atoms with van der Waals surface area (Å²) in [6, 6.07) is 8.86. The van der Waals surface area contributed by atoms with Gasteiger partial charge in [-0.25, -0.2) is 4.79 Å². The van der Waals surface area contributed by atoms with Crippen LogP contribution in [0.25, 0.3) is 0 Å². The first-order chi connectivity index (χ1) is 22.8. The van der Waals surface area contributed by atoms with Crippen molar-refractivity contribution in [3.63, 3.8) is 0 Å². The Bertz CT molecular complexity index is 747. The van der Waals surface area contributed by atoms with Crippen LogP contribution in [0.4, 0.5) is 0 Å². The number of rotatable bonds is 37. The molecule has 0 N–H and O–H groups in total. The number of alkyl halides is 1. The molecule has 0 heterocycles. The lowest BCUT2D eigenvalue weighted by atomic mass is 10.2. The van der Waals surface area contributed by atoms with Gasteiger partial charge in [-0.1, -0.05) is 31.0 Å². The van der Waals surface area contributed by atoms with Crippen LogP contribution < -0.4 is 0 Å². The highest BCUT2D eigenvalue weighted by molar-refractivity contribution is 6.17. The first-order valence-corrected chi connectivity index (χ1v) is 16.9. The molecule has 0 atom stereocenters. The van der Waals surface area contributed by atoms with E-state index >= 15 is 0 Å². The molecule has 0 bridgehead atoms. The molecular formula is C33H57ClO12. The van der Waals surface area contributed by atoms with Gasteiger partial charge in [-0.2, -0.15) is 0 Å². The smallest absolute Gasteiger partial charge is 0.338 e. The van der Waals surface area contributed by atoms with Gasteiger partial charge in [0.1, 0.15) is 6.61 Å². The molecule has 0 aliphatic rings. The second-order valence-corrected chi connectivity index (χ2v) is 10.1. The summed E-state index contributed by atoms with van der Waals surface area (Å²) in [7, 11) is 0. The maximum Gasteiger partial charge on any atom is 0.338 e. The minimum Gasteiger partial charge on any atom is -0.460 e. The lowest BCUT2D eigenvalue weighted by Crippen LogP contribution is -2.15. The Morgan fingerprint density at radius 3 is 1.04 bits per heavy atom. The number of benzene rings is 1. The molecule has 1 aromatic rings. The summed E-state index contributed by atoms with van der Waals surface area (Å²) in [6.45, 7) is 10.5. The van der Waals surface area contributed by atoms with Gasteiger partial charge in [0.2, 0.25) is 0 Å². The van der Waals surface area contributed by atoms with Crippen LogP contribution in [0.15, 0.2) is 30.3 Å². The number of hydrogen-bond acceptors (Lipinski definition) is 12. The number of carbonyl (C=O) groups is 1. The molecule has 1 rings (SSSR count). The number of halogens is 1. The predicted octanol–water partition coefficient (Wildman–Crippen LogP) is 3.81. The Morgan fingerprint density at radius 2 is 0.696 bits per heavy atom. The molecule has 0 saturated carbocycles. The molecule has 0 radical (unpaired) electrons. The van der Waals surface area contributed by atoms with Crippen LogP contribution in [-0.2, 0) is 52.1 Å². The standard InChI is InChI=1S/C33H57ClO12/c34-10-6-1-2-7-11-36-12-13-37-14-15-38-16-17-39-18-19-40-20-21-41-22-23-42-24-25-43-26-27-44-28-29-45-30-31-46-33(35)32-8-4-3-5-9-32/h3-5,8-9H,1-2,6-7,10-31H2. The Balaban J connectivity index is 1.63. The van der Waals surface area contributed by atoms with Crippen LogP contribution in [0.1, 0.15) is 36.0 Å². The maximum atomic E-state index is 11.8. The molecule has 0 unspecified atom stereocenters. The number of hydrogen-bond donors (Lipinski definition) is 0. The molecule has 268 valence electrons. The van der Waals surface area contributed by atoms with Crippen molar-refractivity contribution in [1.82, 2.24) is 0 Å². The third-order valence-corrected chi connectivity index (χ3v) is 6.26. The highest BCUT2D eigenvalue weighted by atomic mass is 35.5. The molecule has 0 amide bonds. The van der Waals surface area contributed by atoms with Crippen molar-refractivity contribution in [3.8, 4) is 0 Å². The fraction of sp³-hybridized carbons (Fsp3) is 0.788. The van der Waals surface area contributed by atoms with Crippen LogP contribution >= 0.6 is 11.6 Å². The van der Waals surface area contributed by atoms with E-state index in [1.165, 1.54) is 6.42 Å². The molecule has 1 aromatic carbocycles. The van der Waals surface area contributed by atoms with Gasteiger partial charge in [0.25, 0.3) is 0 Å². The van der Waals surface area contributed by atoms with E-state index in [4.69, 9.17) is 63.7 Å². The molecule has 0 saturated heterocycles. The highest BCUT2D eigenvalue weighted by Gasteiger charge is 2.05. The maximum absolute atomic E-state index is 11.8. The van der Waals surface area contributed by atoms with E-state index in [2.05, 4.69) is 0 Å². The van der Waals surface area contributed by atoms with Crippen molar-refractivity contribution in [3.05, 3.63) is 35.9 Å². The molecule has 0 spiro atoms. The zero-order valence-electron chi connectivity index (χ0n) is 27.5. The van der Waals surface area contributed by atoms with Crippen LogP contribution in [0, 0.1) is 0 Å². The van der Waals surface area contributed by atoms with Crippen molar-refractivity contribution in [2.24, 2.45) is 0 Å². The molecule has 13 heteroatoms. The van der Waals surface area contributed by atoms with Gasteiger partial charge < -0.3 is 52.1 Å². The van der Waals surface area contributed by atoms with Crippen molar-refractivity contribution in [2.45, 2.75) is 25.7 Å². The Hall–Kier alpha value is -1.42. The van der Waals surface area contributed by atoms with Crippen molar-refractivity contribution in [2.75, 3.05) is 145 Å². The minimum atomic E-state index is -0.355. The summed E-state index contributed by atoms with van der Waals surface area (Å²) < 4.78 is 59.8. The second-order valence-electron chi connectivity index (χ2n) is 9.73. The van der Waals surface area contributed by atoms with Crippen LogP contribution in [0.5, 0.6) is 0 Å². The number of esters is 1. The fourth-order valence-corrected chi connectivity index (χ4v) is 3.77. The van der Waals surface area contributed by atoms with Gasteiger partial charge in [0, 0.05) is 12.5 Å². The molecule has 0 fully saturated rings. The summed E-state index contributed by atoms with van der Waals surface area (Å²) in [6.07, 6.45) is 4.49. The van der Waals surface area contributed by atoms with Crippen LogP contribution in [-0.4, -0.2) is 151 Å². The third-order valence-electron chi connectivity index (χ3n) is 5.99. The Kier molecular flexibility index (Phi) is 33.7. The molecule has 12 nitrogen and oxygen atoms in total. The number of carbonyl (C=O) groups excluding carboxylic acids is 1. The van der Waals surface area contributed by atoms with Gasteiger partial charge in [-0.3, -0.25) is 0 Å². The highest BCUT2D eigenvalue weighted by Crippen LogP contribution is 2.02. The van der Waals surface area contributed by atoms with Crippen LogP contribution in [0.2, 0.25) is 0 Å². The zero-order chi connectivity index (χ0) is 32.9. The van der Waals surface area contributed by atoms with E-state index in [1.54, 1.807) is 24.3 Å². The van der Waals surface area contributed by atoms with Gasteiger partial charge in [0.15, 0.2) is 0 Å². The zero-order valence-corrected chi connectivity index (χ0v) is 28.3. The number of unbranched alkanes of at least 4 members (excludes halogenated alkanes) is 3. The predicted molar refractivity (Wildman–Crippen MR) is 174 cm³/mol. The van der Waals surface area contributed by atoms with E-state index in [0.29, 0.717) is 131 Å². The van der Waals surface area contributed by atoms with Crippen molar-refractivity contribution >= 4 is 17.6 Å². The molecule has 0 aliphatic carbocycles. The summed E-state index contributed by atoms with van der Waals surface area (Å²) >= 11 is 5.65. The molecular weight excluding hydrogens is 624 g/mol. The first-order valence-electron chi connectivity index (χ1n) is 16.4. The van der Waals surface area contributed by atoms with E-state index in [9.17, 15) is 4.79 Å². The summed E-state index contributed by atoms with van der Waals surface area (Å²) in [4.78, 5) is 11.8. The average molecular weight is 681 g/mol. The molecule has 46 heavy (non-hydrogen) atoms. The number of ether oxygens (including phenoxy) is 11. The summed E-state index contributed by atoms with van der Waals surface area (Å²) in [5, 5.41) is 0. The second kappa shape index (κ2) is 36.4. The van der Waals surface area contributed by atoms with Gasteiger partial charge >= 0.3 is 5.97 Å². The van der Waals surface area contributed by atoms with Crippen LogP contribution in [0.3, 0.4) is 0 Å². The van der Waals surface area contributed by atoms with E-state index in [1.807, 2.05) is 6.07 Å². The van der Waals surface area contributed by atoms with Crippen molar-refractivity contribution in [1.29, 1.82) is 0 Å². The summed E-state index contributed by atoms with van der Waals surface area (Å²) in [5.41, 5.74) is 0.526. The van der Waals surface area contributed by atoms with E-state index < -0.39 is 0 Å². The molecule has 0 aliphatic heterocycles. The van der Waals surface area contributed by atoms with Gasteiger partial charge in [-0.05, 0) is 25.0 Å². The fourth-order valence-electron chi connectivity index (χ4n) is 3.58. The average Bonchev–Trinajstić information content (AvgIpc) is 3.08. The SMILES string of the molecule is O=C(OCCOCCOCCOCCOCCOCCOCCOCCOCCOCCOCCCCCCCl)c1ccccc1. The largest absolute Gasteiger partial charge is 0.460 e. The molecule has 0 aromatic heterocycles. The monoisotopic (exact) mass is 680 g/mol. The third kappa shape index (κ3) is 31.2. The van der Waals surface area contributed by atoms with E-state index in [-0.39, 0.29) is 12.6 Å². The normalized spacial score (nSPS) is 11.3. The Morgan fingerprint density at radius 1 is 0.391 bits per heavy atom. The minimum absolute atomic E-state index is 0.203. The topological polar surface area (TPSA) is 119 Å². The van der Waals surface area contributed by atoms with E-state index in [0.717, 1.165) is 31.7 Å². The quantitative estimate of drug-likeness (QED) is 0.0578. The van der Waals surface area contributed by atoms with Gasteiger partial charge in [0.05, 0.1) is 131 Å². The first kappa shape index (κ1) is 42.6. The lowest BCUT2D eigenvalue weighted by Gasteiger charge is -2.09. The van der Waals surface area contributed by atoms with Gasteiger partial charge in [-0.15, -0.1) is 11.6 Å². The lowest BCUT2D eigenvalue weighted by molar-refractivity contribution is -0.0271.